The van der Waals surface area contributed by atoms with Gasteiger partial charge in [-0.3, -0.25) is 0 Å². The van der Waals surface area contributed by atoms with Crippen molar-refractivity contribution in [2.45, 2.75) is 6.92 Å². The van der Waals surface area contributed by atoms with E-state index in [9.17, 15) is 0 Å². The van der Waals surface area contributed by atoms with Crippen molar-refractivity contribution in [3.63, 3.8) is 0 Å². The van der Waals surface area contributed by atoms with Gasteiger partial charge in [-0.15, -0.1) is 0 Å². The maximum absolute atomic E-state index is 5.42. The van der Waals surface area contributed by atoms with E-state index in [1.165, 1.54) is 0 Å². The third kappa shape index (κ3) is 3.01. The Kier molecular flexibility index (Phi) is 3.74. The fourth-order valence-electron chi connectivity index (χ4n) is 0.810. The molecule has 0 bridgehead atoms. The van der Waals surface area contributed by atoms with Gasteiger partial charge in [0.2, 0.25) is 0 Å². The van der Waals surface area contributed by atoms with E-state index in [-0.39, 0.29) is 0 Å². The van der Waals surface area contributed by atoms with Gasteiger partial charge in [-0.25, -0.2) is 0 Å². The Hall–Kier alpha value is -0.890. The number of hydrogen-bond donors (Lipinski definition) is 0. The molecular weight excluding hydrogens is 168 g/mol. The zero-order valence-corrected chi connectivity index (χ0v) is 7.93. The number of thioether (sulfide) groups is 1. The van der Waals surface area contributed by atoms with Gasteiger partial charge in [-0.2, -0.15) is 0 Å². The third-order valence-electron chi connectivity index (χ3n) is 1.28. The van der Waals surface area contributed by atoms with Crippen LogP contribution in [0.1, 0.15) is 6.92 Å². The topological polar surface area (TPSA) is 9.23 Å². The van der Waals surface area contributed by atoms with Crippen molar-refractivity contribution >= 4 is 11.8 Å². The minimum absolute atomic E-state index is 0.753. The molecular formula is C10H12OS. The smallest absolute Gasteiger partial charge is 0.153 e. The Morgan fingerprint density at radius 3 is 2.67 bits per heavy atom. The van der Waals surface area contributed by atoms with Gasteiger partial charge >= 0.3 is 0 Å². The highest BCUT2D eigenvalue weighted by atomic mass is 32.2. The first kappa shape index (κ1) is 9.20. The van der Waals surface area contributed by atoms with Gasteiger partial charge < -0.3 is 4.74 Å². The van der Waals surface area contributed by atoms with Gasteiger partial charge in [0.1, 0.15) is 5.75 Å². The Labute approximate surface area is 77.4 Å². The second-order valence-electron chi connectivity index (χ2n) is 2.22. The average Bonchev–Trinajstić information content (AvgIpc) is 2.06. The quantitative estimate of drug-likeness (QED) is 0.657. The van der Waals surface area contributed by atoms with E-state index in [0.29, 0.717) is 0 Å². The summed E-state index contributed by atoms with van der Waals surface area (Å²) in [6.45, 7) is 5.85. The van der Waals surface area contributed by atoms with Crippen LogP contribution in [0.3, 0.4) is 0 Å². The molecule has 1 aromatic rings. The molecule has 1 aromatic carbocycles. The summed E-state index contributed by atoms with van der Waals surface area (Å²) in [6.07, 6.45) is 0. The number of rotatable bonds is 4. The summed E-state index contributed by atoms with van der Waals surface area (Å²) in [5.74, 6) is 1.84. The second-order valence-corrected chi connectivity index (χ2v) is 3.54. The molecule has 0 fully saturated rings. The minimum Gasteiger partial charge on any atom is -0.451 e. The van der Waals surface area contributed by atoms with Crippen LogP contribution in [0.4, 0.5) is 0 Å². The summed E-state index contributed by atoms with van der Waals surface area (Å²) in [4.78, 5) is 0. The van der Waals surface area contributed by atoms with Crippen LogP contribution < -0.4 is 4.74 Å². The van der Waals surface area contributed by atoms with Crippen LogP contribution in [0.15, 0.2) is 42.0 Å². The Morgan fingerprint density at radius 1 is 1.42 bits per heavy atom. The SMILES string of the molecule is C=C(Oc1ccccc1)SCC. The molecule has 2 heteroatoms. The summed E-state index contributed by atoms with van der Waals surface area (Å²) in [5, 5.41) is 0.753. The van der Waals surface area contributed by atoms with Gasteiger partial charge in [-0.1, -0.05) is 36.9 Å². The highest BCUT2D eigenvalue weighted by Gasteiger charge is 1.95. The maximum Gasteiger partial charge on any atom is 0.153 e. The fraction of sp³-hybridized carbons (Fsp3) is 0.200. The molecule has 0 spiro atoms. The molecule has 0 N–H and O–H groups in total. The molecule has 0 aliphatic rings. The summed E-state index contributed by atoms with van der Waals surface area (Å²) in [7, 11) is 0. The van der Waals surface area contributed by atoms with Crippen LogP contribution in [0.25, 0.3) is 0 Å². The molecule has 0 heterocycles. The zero-order valence-electron chi connectivity index (χ0n) is 7.12. The third-order valence-corrected chi connectivity index (χ3v) is 1.97. The monoisotopic (exact) mass is 180 g/mol. The Balaban J connectivity index is 2.47. The van der Waals surface area contributed by atoms with E-state index in [2.05, 4.69) is 13.5 Å². The Bertz CT molecular complexity index is 243. The lowest BCUT2D eigenvalue weighted by Gasteiger charge is -2.05. The first-order chi connectivity index (χ1) is 5.83. The van der Waals surface area contributed by atoms with Crippen LogP contribution in [0.5, 0.6) is 5.75 Å². The van der Waals surface area contributed by atoms with Crippen molar-refractivity contribution in [1.29, 1.82) is 0 Å². The highest BCUT2D eigenvalue weighted by molar-refractivity contribution is 8.02. The van der Waals surface area contributed by atoms with Gasteiger partial charge in [0.05, 0.1) is 0 Å². The first-order valence-corrected chi connectivity index (χ1v) is 4.86. The summed E-state index contributed by atoms with van der Waals surface area (Å²) in [5.41, 5.74) is 0. The van der Waals surface area contributed by atoms with Gasteiger partial charge in [-0.05, 0) is 24.5 Å². The molecule has 0 saturated carbocycles. The molecule has 1 rings (SSSR count). The number of hydrogen-bond acceptors (Lipinski definition) is 2. The van der Waals surface area contributed by atoms with E-state index in [0.717, 1.165) is 16.6 Å². The molecule has 0 radical (unpaired) electrons. The predicted octanol–water partition coefficient (Wildman–Crippen LogP) is 3.29. The van der Waals surface area contributed by atoms with Crippen LogP contribution in [0, 0.1) is 0 Å². The molecule has 0 unspecified atom stereocenters. The van der Waals surface area contributed by atoms with Gasteiger partial charge in [0.15, 0.2) is 5.09 Å². The second kappa shape index (κ2) is 4.88. The van der Waals surface area contributed by atoms with Crippen molar-refractivity contribution in [3.8, 4) is 5.75 Å². The van der Waals surface area contributed by atoms with Crippen molar-refractivity contribution in [2.75, 3.05) is 5.75 Å². The standard InChI is InChI=1S/C10H12OS/c1-3-12-9(2)11-10-7-5-4-6-8-10/h4-8H,2-3H2,1H3. The van der Waals surface area contributed by atoms with Crippen LogP contribution in [0.2, 0.25) is 0 Å². The lowest BCUT2D eigenvalue weighted by molar-refractivity contribution is 0.468. The fourth-order valence-corrected chi connectivity index (χ4v) is 1.29. The van der Waals surface area contributed by atoms with E-state index in [1.807, 2.05) is 30.3 Å². The number of para-hydroxylation sites is 1. The summed E-state index contributed by atoms with van der Waals surface area (Å²) in [6, 6.07) is 9.68. The normalized spacial score (nSPS) is 9.42. The molecule has 0 aliphatic carbocycles. The van der Waals surface area contributed by atoms with Crippen molar-refractivity contribution in [1.82, 2.24) is 0 Å². The van der Waals surface area contributed by atoms with Crippen molar-refractivity contribution < 1.29 is 4.74 Å². The van der Waals surface area contributed by atoms with Crippen LogP contribution in [-0.4, -0.2) is 5.75 Å². The molecule has 1 nitrogen and oxygen atoms in total. The maximum atomic E-state index is 5.42. The van der Waals surface area contributed by atoms with Gasteiger partial charge in [0, 0.05) is 0 Å². The zero-order chi connectivity index (χ0) is 8.81. The Morgan fingerprint density at radius 2 is 2.08 bits per heavy atom. The minimum atomic E-state index is 0.753. The molecule has 0 atom stereocenters. The van der Waals surface area contributed by atoms with Crippen LogP contribution >= 0.6 is 11.8 Å². The lowest BCUT2D eigenvalue weighted by Crippen LogP contribution is -1.88. The largest absolute Gasteiger partial charge is 0.451 e. The summed E-state index contributed by atoms with van der Waals surface area (Å²) >= 11 is 1.61. The molecule has 0 aromatic heterocycles. The lowest BCUT2D eigenvalue weighted by atomic mass is 10.3. The van der Waals surface area contributed by atoms with Crippen LogP contribution in [-0.2, 0) is 0 Å². The molecule has 12 heavy (non-hydrogen) atoms. The first-order valence-electron chi connectivity index (χ1n) is 3.87. The van der Waals surface area contributed by atoms with Crippen molar-refractivity contribution in [2.24, 2.45) is 0 Å². The highest BCUT2D eigenvalue weighted by Crippen LogP contribution is 2.18. The van der Waals surface area contributed by atoms with Gasteiger partial charge in [0.25, 0.3) is 0 Å². The predicted molar refractivity (Wildman–Crippen MR) is 54.3 cm³/mol. The molecule has 0 saturated heterocycles. The summed E-state index contributed by atoms with van der Waals surface area (Å²) < 4.78 is 5.42. The number of ether oxygens (including phenoxy) is 1. The van der Waals surface area contributed by atoms with E-state index < -0.39 is 0 Å². The molecule has 0 aliphatic heterocycles. The van der Waals surface area contributed by atoms with E-state index >= 15 is 0 Å². The van der Waals surface area contributed by atoms with E-state index in [4.69, 9.17) is 4.74 Å². The van der Waals surface area contributed by atoms with E-state index in [1.54, 1.807) is 11.8 Å². The molecule has 0 amide bonds. The average molecular weight is 180 g/mol. The van der Waals surface area contributed by atoms with Crippen molar-refractivity contribution in [3.05, 3.63) is 42.0 Å². The number of benzene rings is 1. The molecule has 64 valence electrons.